The van der Waals surface area contributed by atoms with Crippen molar-refractivity contribution >= 4 is 34.1 Å². The first-order valence-corrected chi connectivity index (χ1v) is 4.56. The van der Waals surface area contributed by atoms with E-state index in [2.05, 4.69) is 15.9 Å². The number of hydrogen-bond donors (Lipinski definition) is 1. The van der Waals surface area contributed by atoms with Gasteiger partial charge in [-0.1, -0.05) is 22.0 Å². The third kappa shape index (κ3) is 1.77. The number of nitrogens with two attached hydrogens (primary N) is 1. The molecule has 2 nitrogen and oxygen atoms in total. The number of benzene rings is 1. The Morgan fingerprint density at radius 3 is 2.85 bits per heavy atom. The maximum Gasteiger partial charge on any atom is 0.165 e. The van der Waals surface area contributed by atoms with E-state index in [0.29, 0.717) is 6.42 Å². The largest absolute Gasteiger partial charge is 0.324 e. The molecule has 0 saturated heterocycles. The van der Waals surface area contributed by atoms with E-state index in [9.17, 15) is 4.79 Å². The Bertz CT molecular complexity index is 353. The van der Waals surface area contributed by atoms with Crippen molar-refractivity contribution in [3.05, 3.63) is 33.8 Å². The van der Waals surface area contributed by atoms with Crippen LogP contribution in [0.2, 0.25) is 0 Å². The smallest absolute Gasteiger partial charge is 0.165 e. The third-order valence-electron chi connectivity index (χ3n) is 2.12. The van der Waals surface area contributed by atoms with Gasteiger partial charge in [-0.25, -0.2) is 0 Å². The molecule has 0 heterocycles. The van der Waals surface area contributed by atoms with Crippen LogP contribution < -0.4 is 5.73 Å². The Hall–Kier alpha value is -0.380. The minimum Gasteiger partial charge on any atom is -0.324 e. The summed E-state index contributed by atoms with van der Waals surface area (Å²) in [5.74, 6) is 0.152. The van der Waals surface area contributed by atoms with Crippen molar-refractivity contribution < 1.29 is 4.79 Å². The number of hydrogen-bond acceptors (Lipinski definition) is 2. The summed E-state index contributed by atoms with van der Waals surface area (Å²) in [6, 6.07) is 5.57. The summed E-state index contributed by atoms with van der Waals surface area (Å²) >= 11 is 3.32. The molecule has 0 saturated carbocycles. The van der Waals surface area contributed by atoms with Gasteiger partial charge in [0.15, 0.2) is 5.78 Å². The van der Waals surface area contributed by atoms with Crippen LogP contribution in [0.5, 0.6) is 0 Å². The van der Waals surface area contributed by atoms with E-state index in [0.717, 1.165) is 15.6 Å². The molecule has 1 aliphatic rings. The maximum absolute atomic E-state index is 11.3. The van der Waals surface area contributed by atoms with Crippen molar-refractivity contribution in [2.45, 2.75) is 12.5 Å². The number of carbonyl (C=O) groups is 1. The van der Waals surface area contributed by atoms with Crippen molar-refractivity contribution in [3.8, 4) is 0 Å². The fraction of sp³-hybridized carbons (Fsp3) is 0.222. The predicted octanol–water partition coefficient (Wildman–Crippen LogP) is 2.46. The first-order valence-electron chi connectivity index (χ1n) is 3.76. The van der Waals surface area contributed by atoms with Crippen LogP contribution in [-0.4, -0.2) is 5.78 Å². The van der Waals surface area contributed by atoms with Crippen molar-refractivity contribution in [1.82, 2.24) is 0 Å². The molecule has 2 rings (SSSR count). The molecule has 0 aromatic heterocycles. The zero-order valence-corrected chi connectivity index (χ0v) is 9.19. The van der Waals surface area contributed by atoms with E-state index in [1.807, 2.05) is 18.2 Å². The predicted molar refractivity (Wildman–Crippen MR) is 57.3 cm³/mol. The molecule has 0 amide bonds. The van der Waals surface area contributed by atoms with Crippen molar-refractivity contribution in [2.75, 3.05) is 0 Å². The van der Waals surface area contributed by atoms with Gasteiger partial charge in [-0.15, -0.1) is 12.4 Å². The van der Waals surface area contributed by atoms with Crippen LogP contribution in [0.25, 0.3) is 0 Å². The average molecular weight is 263 g/mol. The molecule has 1 aromatic rings. The molecule has 0 fully saturated rings. The van der Waals surface area contributed by atoms with Crippen LogP contribution in [-0.2, 0) is 0 Å². The van der Waals surface area contributed by atoms with Gasteiger partial charge < -0.3 is 5.73 Å². The molecular weight excluding hydrogens is 253 g/mol. The summed E-state index contributed by atoms with van der Waals surface area (Å²) in [5, 5.41) is 0. The lowest BCUT2D eigenvalue weighted by molar-refractivity contribution is 0.0989. The van der Waals surface area contributed by atoms with Crippen LogP contribution in [0.4, 0.5) is 0 Å². The molecule has 1 unspecified atom stereocenters. The topological polar surface area (TPSA) is 43.1 Å². The van der Waals surface area contributed by atoms with Gasteiger partial charge in [0, 0.05) is 22.5 Å². The molecule has 1 aliphatic carbocycles. The van der Waals surface area contributed by atoms with Gasteiger partial charge >= 0.3 is 0 Å². The summed E-state index contributed by atoms with van der Waals surface area (Å²) in [4.78, 5) is 11.3. The molecule has 0 spiro atoms. The monoisotopic (exact) mass is 261 g/mol. The van der Waals surface area contributed by atoms with Crippen LogP contribution in [0.3, 0.4) is 0 Å². The van der Waals surface area contributed by atoms with Gasteiger partial charge in [-0.2, -0.15) is 0 Å². The third-order valence-corrected chi connectivity index (χ3v) is 2.61. The van der Waals surface area contributed by atoms with Crippen molar-refractivity contribution in [3.63, 3.8) is 0 Å². The number of carbonyl (C=O) groups excluding carboxylic acids is 1. The molecule has 0 radical (unpaired) electrons. The van der Waals surface area contributed by atoms with Crippen molar-refractivity contribution in [1.29, 1.82) is 0 Å². The number of halogens is 2. The molecule has 1 atom stereocenters. The number of Topliss-reactive ketones (excluding diaryl/α,β-unsaturated/α-hetero) is 1. The van der Waals surface area contributed by atoms with Crippen LogP contribution in [0.15, 0.2) is 22.7 Å². The van der Waals surface area contributed by atoms with E-state index in [-0.39, 0.29) is 24.2 Å². The van der Waals surface area contributed by atoms with Gasteiger partial charge in [-0.05, 0) is 17.7 Å². The second-order valence-corrected chi connectivity index (χ2v) is 3.88. The fourth-order valence-corrected chi connectivity index (χ4v) is 1.87. The van der Waals surface area contributed by atoms with E-state index in [1.54, 1.807) is 0 Å². The SMILES string of the molecule is Cl.NC1CC(=O)c2cc(Br)ccc21. The second-order valence-electron chi connectivity index (χ2n) is 2.97. The fourth-order valence-electron chi connectivity index (χ4n) is 1.51. The van der Waals surface area contributed by atoms with Crippen LogP contribution >= 0.6 is 28.3 Å². The van der Waals surface area contributed by atoms with E-state index < -0.39 is 0 Å². The normalized spacial score (nSPS) is 19.5. The highest BCUT2D eigenvalue weighted by atomic mass is 79.9. The molecule has 0 aliphatic heterocycles. The number of rotatable bonds is 0. The average Bonchev–Trinajstić information content (AvgIpc) is 2.28. The summed E-state index contributed by atoms with van der Waals surface area (Å²) < 4.78 is 0.934. The van der Waals surface area contributed by atoms with Crippen molar-refractivity contribution in [2.24, 2.45) is 5.73 Å². The molecule has 2 N–H and O–H groups in total. The lowest BCUT2D eigenvalue weighted by atomic mass is 10.1. The van der Waals surface area contributed by atoms with Gasteiger partial charge in [0.25, 0.3) is 0 Å². The van der Waals surface area contributed by atoms with Gasteiger partial charge in [0.05, 0.1) is 0 Å². The maximum atomic E-state index is 11.3. The Balaban J connectivity index is 0.000000845. The highest BCUT2D eigenvalue weighted by molar-refractivity contribution is 9.10. The molecule has 4 heteroatoms. The first-order chi connectivity index (χ1) is 5.68. The first kappa shape index (κ1) is 10.7. The summed E-state index contributed by atoms with van der Waals surface area (Å²) in [6.45, 7) is 0. The standard InChI is InChI=1S/C9H8BrNO.ClH/c10-5-1-2-6-7(3-5)9(12)4-8(6)11;/h1-3,8H,4,11H2;1H. The summed E-state index contributed by atoms with van der Waals surface area (Å²) in [7, 11) is 0. The van der Waals surface area contributed by atoms with Gasteiger partial charge in [-0.3, -0.25) is 4.79 Å². The van der Waals surface area contributed by atoms with Gasteiger partial charge in [0.1, 0.15) is 0 Å². The zero-order valence-electron chi connectivity index (χ0n) is 6.79. The summed E-state index contributed by atoms with van der Waals surface area (Å²) in [6.07, 6.45) is 0.450. The molecular formula is C9H9BrClNO. The Morgan fingerprint density at radius 2 is 2.15 bits per heavy atom. The van der Waals surface area contributed by atoms with E-state index in [1.165, 1.54) is 0 Å². The Morgan fingerprint density at radius 1 is 1.46 bits per heavy atom. The van der Waals surface area contributed by atoms with Gasteiger partial charge in [0.2, 0.25) is 0 Å². The highest BCUT2D eigenvalue weighted by Gasteiger charge is 2.26. The van der Waals surface area contributed by atoms with Crippen LogP contribution in [0, 0.1) is 0 Å². The Labute approximate surface area is 91.0 Å². The highest BCUT2D eigenvalue weighted by Crippen LogP contribution is 2.30. The molecule has 0 bridgehead atoms. The van der Waals surface area contributed by atoms with Crippen LogP contribution in [0.1, 0.15) is 28.4 Å². The molecule has 13 heavy (non-hydrogen) atoms. The Kier molecular flexibility index (Phi) is 3.11. The number of fused-ring (bicyclic) bond motifs is 1. The lowest BCUT2D eigenvalue weighted by Gasteiger charge is -2.01. The quantitative estimate of drug-likeness (QED) is 0.780. The second kappa shape index (κ2) is 3.78. The zero-order chi connectivity index (χ0) is 8.72. The molecule has 70 valence electrons. The van der Waals surface area contributed by atoms with E-state index in [4.69, 9.17) is 5.73 Å². The molecule has 1 aromatic carbocycles. The van der Waals surface area contributed by atoms with E-state index >= 15 is 0 Å². The minimum atomic E-state index is -0.0967. The lowest BCUT2D eigenvalue weighted by Crippen LogP contribution is -2.05. The number of ketones is 1. The minimum absolute atomic E-state index is 0. The summed E-state index contributed by atoms with van der Waals surface area (Å²) in [5.41, 5.74) is 7.50.